The van der Waals surface area contributed by atoms with Crippen LogP contribution in [-0.4, -0.2) is 34.0 Å². The number of amides is 1. The largest absolute Gasteiger partial charge is 0.454 e. The lowest BCUT2D eigenvalue weighted by Crippen LogP contribution is -2.20. The van der Waals surface area contributed by atoms with Crippen molar-refractivity contribution in [2.45, 2.75) is 33.2 Å². The number of benzene rings is 2. The molecule has 0 radical (unpaired) electrons. The van der Waals surface area contributed by atoms with Gasteiger partial charge in [-0.2, -0.15) is 5.10 Å². The highest BCUT2D eigenvalue weighted by Gasteiger charge is 2.22. The second-order valence-corrected chi connectivity index (χ2v) is 7.61. The van der Waals surface area contributed by atoms with Crippen molar-refractivity contribution >= 4 is 23.3 Å². The second-order valence-electron chi connectivity index (χ2n) is 7.61. The van der Waals surface area contributed by atoms with Crippen LogP contribution < -0.4 is 5.32 Å². The van der Waals surface area contributed by atoms with E-state index < -0.39 is 5.97 Å². The lowest BCUT2D eigenvalue weighted by molar-refractivity contribution is -0.116. The number of fused-ring (bicyclic) bond motifs is 1. The molecule has 0 saturated heterocycles. The van der Waals surface area contributed by atoms with Gasteiger partial charge in [0.15, 0.2) is 12.4 Å². The molecule has 3 aromatic rings. The third kappa shape index (κ3) is 4.40. The van der Waals surface area contributed by atoms with Crippen molar-refractivity contribution in [1.29, 1.82) is 0 Å². The van der Waals surface area contributed by atoms with Crippen molar-refractivity contribution in [3.05, 3.63) is 82.2 Å². The number of carbonyl (C=O) groups excluding carboxylic acids is 3. The first-order valence-corrected chi connectivity index (χ1v) is 10.1. The standard InChI is InChI=1S/C24H23N3O4/c1-15-23(16(2)27(26-15)13-17-6-4-3-5-7-17)24(30)31-14-21(28)19-8-10-20-18(12-19)9-11-22(29)25-20/h3-8,10,12H,9,11,13-14H2,1-2H3,(H,25,29). The SMILES string of the molecule is Cc1nn(Cc2ccccc2)c(C)c1C(=O)OCC(=O)c1ccc2c(c1)CCC(=O)N2. The van der Waals surface area contributed by atoms with Gasteiger partial charge in [-0.1, -0.05) is 30.3 Å². The van der Waals surface area contributed by atoms with Crippen LogP contribution in [0.2, 0.25) is 0 Å². The molecule has 1 aromatic heterocycles. The molecule has 2 aromatic carbocycles. The number of hydrogen-bond donors (Lipinski definition) is 1. The quantitative estimate of drug-likeness (QED) is 0.490. The van der Waals surface area contributed by atoms with Gasteiger partial charge >= 0.3 is 5.97 Å². The van der Waals surface area contributed by atoms with Crippen LogP contribution in [0.3, 0.4) is 0 Å². The Hall–Kier alpha value is -3.74. The van der Waals surface area contributed by atoms with Crippen LogP contribution >= 0.6 is 0 Å². The fraction of sp³-hybridized carbons (Fsp3) is 0.250. The van der Waals surface area contributed by atoms with Gasteiger partial charge in [-0.25, -0.2) is 4.79 Å². The summed E-state index contributed by atoms with van der Waals surface area (Å²) >= 11 is 0. The number of nitrogens with zero attached hydrogens (tertiary/aromatic N) is 2. The van der Waals surface area contributed by atoms with Gasteiger partial charge in [0, 0.05) is 17.7 Å². The zero-order valence-electron chi connectivity index (χ0n) is 17.5. The number of rotatable bonds is 6. The van der Waals surface area contributed by atoms with Crippen LogP contribution in [0.5, 0.6) is 0 Å². The van der Waals surface area contributed by atoms with E-state index in [0.29, 0.717) is 41.9 Å². The van der Waals surface area contributed by atoms with Crippen molar-refractivity contribution in [3.63, 3.8) is 0 Å². The molecule has 0 fully saturated rings. The molecule has 0 atom stereocenters. The number of ketones is 1. The summed E-state index contributed by atoms with van der Waals surface area (Å²) in [6, 6.07) is 14.9. The highest BCUT2D eigenvalue weighted by Crippen LogP contribution is 2.24. The zero-order valence-corrected chi connectivity index (χ0v) is 17.5. The Morgan fingerprint density at radius 3 is 2.65 bits per heavy atom. The summed E-state index contributed by atoms with van der Waals surface area (Å²) in [6.45, 7) is 3.77. The van der Waals surface area contributed by atoms with Crippen LogP contribution in [-0.2, 0) is 22.5 Å². The molecule has 0 spiro atoms. The van der Waals surface area contributed by atoms with E-state index in [4.69, 9.17) is 4.74 Å². The maximum Gasteiger partial charge on any atom is 0.342 e. The maximum absolute atomic E-state index is 12.7. The van der Waals surface area contributed by atoms with Gasteiger partial charge in [-0.15, -0.1) is 0 Å². The van der Waals surface area contributed by atoms with Gasteiger partial charge in [-0.3, -0.25) is 14.3 Å². The van der Waals surface area contributed by atoms with Crippen LogP contribution in [0.4, 0.5) is 5.69 Å². The number of ether oxygens (including phenoxy) is 1. The number of nitrogens with one attached hydrogen (secondary N) is 1. The molecule has 7 nitrogen and oxygen atoms in total. The number of esters is 1. The van der Waals surface area contributed by atoms with Gasteiger partial charge in [0.2, 0.25) is 5.91 Å². The summed E-state index contributed by atoms with van der Waals surface area (Å²) < 4.78 is 7.08. The summed E-state index contributed by atoms with van der Waals surface area (Å²) in [5.41, 5.74) is 4.81. The fourth-order valence-electron chi connectivity index (χ4n) is 3.75. The predicted octanol–water partition coefficient (Wildman–Crippen LogP) is 3.47. The summed E-state index contributed by atoms with van der Waals surface area (Å²) in [7, 11) is 0. The molecule has 1 aliphatic heterocycles. The van der Waals surface area contributed by atoms with Crippen molar-refractivity contribution in [1.82, 2.24) is 9.78 Å². The summed E-state index contributed by atoms with van der Waals surface area (Å²) in [4.78, 5) is 36.7. The average molecular weight is 417 g/mol. The predicted molar refractivity (Wildman–Crippen MR) is 115 cm³/mol. The lowest BCUT2D eigenvalue weighted by Gasteiger charge is -2.17. The summed E-state index contributed by atoms with van der Waals surface area (Å²) in [5.74, 6) is -0.882. The lowest BCUT2D eigenvalue weighted by atomic mass is 9.99. The van der Waals surface area contributed by atoms with Crippen molar-refractivity contribution in [3.8, 4) is 0 Å². The minimum Gasteiger partial charge on any atom is -0.454 e. The molecular formula is C24H23N3O4. The number of anilines is 1. The number of aryl methyl sites for hydroxylation is 2. The molecule has 0 aliphatic carbocycles. The van der Waals surface area contributed by atoms with Gasteiger partial charge < -0.3 is 10.1 Å². The molecule has 7 heteroatoms. The Kier molecular flexibility index (Phi) is 5.66. The third-order valence-corrected chi connectivity index (χ3v) is 5.42. The van der Waals surface area contributed by atoms with Crippen molar-refractivity contribution in [2.24, 2.45) is 0 Å². The molecule has 31 heavy (non-hydrogen) atoms. The number of Topliss-reactive ketones (excluding diaryl/α,β-unsaturated/α-hetero) is 1. The first-order chi connectivity index (χ1) is 14.9. The minimum absolute atomic E-state index is 0.0287. The van der Waals surface area contributed by atoms with E-state index in [1.807, 2.05) is 37.3 Å². The Bertz CT molecular complexity index is 1170. The summed E-state index contributed by atoms with van der Waals surface area (Å²) in [5, 5.41) is 7.25. The molecule has 0 unspecified atom stereocenters. The zero-order chi connectivity index (χ0) is 22.0. The molecule has 0 saturated carbocycles. The maximum atomic E-state index is 12.7. The molecule has 158 valence electrons. The van der Waals surface area contributed by atoms with Crippen molar-refractivity contribution in [2.75, 3.05) is 11.9 Å². The molecule has 1 N–H and O–H groups in total. The minimum atomic E-state index is -0.562. The third-order valence-electron chi connectivity index (χ3n) is 5.42. The van der Waals surface area contributed by atoms with Gasteiger partial charge in [0.05, 0.1) is 17.9 Å². The smallest absolute Gasteiger partial charge is 0.342 e. The van der Waals surface area contributed by atoms with Crippen LogP contribution in [0.15, 0.2) is 48.5 Å². The van der Waals surface area contributed by atoms with Gasteiger partial charge in [0.25, 0.3) is 0 Å². The van der Waals surface area contributed by atoms with E-state index in [9.17, 15) is 14.4 Å². The number of carbonyl (C=O) groups is 3. The Labute approximate surface area is 180 Å². The Balaban J connectivity index is 1.43. The highest BCUT2D eigenvalue weighted by molar-refractivity contribution is 6.01. The van der Waals surface area contributed by atoms with E-state index in [2.05, 4.69) is 10.4 Å². The Morgan fingerprint density at radius 1 is 1.10 bits per heavy atom. The highest BCUT2D eigenvalue weighted by atomic mass is 16.5. The molecule has 1 amide bonds. The first kappa shape index (κ1) is 20.5. The fourth-order valence-corrected chi connectivity index (χ4v) is 3.75. The van der Waals surface area contributed by atoms with E-state index >= 15 is 0 Å². The molecule has 4 rings (SSSR count). The number of aromatic nitrogens is 2. The molecule has 1 aliphatic rings. The first-order valence-electron chi connectivity index (χ1n) is 10.1. The normalized spacial score (nSPS) is 12.8. The Morgan fingerprint density at radius 2 is 1.87 bits per heavy atom. The summed E-state index contributed by atoms with van der Waals surface area (Å²) in [6.07, 6.45) is 0.978. The monoisotopic (exact) mass is 417 g/mol. The van der Waals surface area contributed by atoms with E-state index in [0.717, 1.165) is 16.8 Å². The molecule has 2 heterocycles. The van der Waals surface area contributed by atoms with Crippen LogP contribution in [0, 0.1) is 13.8 Å². The van der Waals surface area contributed by atoms with Gasteiger partial charge in [-0.05, 0) is 49.6 Å². The number of hydrogen-bond acceptors (Lipinski definition) is 5. The van der Waals surface area contributed by atoms with E-state index in [1.54, 1.807) is 29.8 Å². The second kappa shape index (κ2) is 8.55. The topological polar surface area (TPSA) is 90.3 Å². The van der Waals surface area contributed by atoms with Crippen molar-refractivity contribution < 1.29 is 19.1 Å². The van der Waals surface area contributed by atoms with Gasteiger partial charge in [0.1, 0.15) is 5.56 Å². The molecule has 0 bridgehead atoms. The van der Waals surface area contributed by atoms with Crippen LogP contribution in [0.25, 0.3) is 0 Å². The molecular weight excluding hydrogens is 394 g/mol. The average Bonchev–Trinajstić information content (AvgIpc) is 3.05. The van der Waals surface area contributed by atoms with Crippen LogP contribution in [0.1, 0.15) is 49.7 Å². The van der Waals surface area contributed by atoms with E-state index in [-0.39, 0.29) is 18.3 Å². The van der Waals surface area contributed by atoms with E-state index in [1.165, 1.54) is 0 Å².